The van der Waals surface area contributed by atoms with Crippen LogP contribution in [0.4, 0.5) is 5.69 Å². The van der Waals surface area contributed by atoms with Gasteiger partial charge in [-0.1, -0.05) is 12.1 Å². The largest absolute Gasteiger partial charge is 0.481 e. The number of hydrogen-bond donors (Lipinski definition) is 3. The molecule has 0 aromatic heterocycles. The van der Waals surface area contributed by atoms with E-state index in [0.717, 1.165) is 17.8 Å². The molecule has 0 radical (unpaired) electrons. The fourth-order valence-corrected chi connectivity index (χ4v) is 2.11. The normalized spacial score (nSPS) is 17.3. The average Bonchev–Trinajstić information content (AvgIpc) is 2.38. The standard InChI is InChI=1S/C13H17N3O3/c14-11(7-13(18)19)9-2-1-3-10(6-9)16-5-4-15-8-12(16)17/h1-3,6,11,15H,4-5,7-8,14H2,(H,18,19). The highest BCUT2D eigenvalue weighted by Crippen LogP contribution is 2.22. The van der Waals surface area contributed by atoms with Crippen LogP contribution in [0.2, 0.25) is 0 Å². The predicted octanol–water partition coefficient (Wildman–Crippen LogP) is 0.0973. The number of carboxylic acids is 1. The van der Waals surface area contributed by atoms with Crippen LogP contribution in [0.1, 0.15) is 18.0 Å². The Labute approximate surface area is 111 Å². The lowest BCUT2D eigenvalue weighted by molar-refractivity contribution is -0.137. The van der Waals surface area contributed by atoms with E-state index in [-0.39, 0.29) is 12.3 Å². The molecule has 0 aliphatic carbocycles. The van der Waals surface area contributed by atoms with E-state index in [1.165, 1.54) is 0 Å². The Morgan fingerprint density at radius 2 is 2.32 bits per heavy atom. The zero-order valence-corrected chi connectivity index (χ0v) is 10.5. The molecule has 6 heteroatoms. The minimum atomic E-state index is -0.934. The summed E-state index contributed by atoms with van der Waals surface area (Å²) < 4.78 is 0. The lowest BCUT2D eigenvalue weighted by Gasteiger charge is -2.28. The van der Waals surface area contributed by atoms with Crippen LogP contribution in [0.25, 0.3) is 0 Å². The van der Waals surface area contributed by atoms with Gasteiger partial charge in [-0.05, 0) is 17.7 Å². The van der Waals surface area contributed by atoms with E-state index in [1.807, 2.05) is 6.07 Å². The average molecular weight is 263 g/mol. The maximum Gasteiger partial charge on any atom is 0.305 e. The molecular weight excluding hydrogens is 246 g/mol. The number of nitrogens with zero attached hydrogens (tertiary/aromatic N) is 1. The number of carbonyl (C=O) groups excluding carboxylic acids is 1. The summed E-state index contributed by atoms with van der Waals surface area (Å²) >= 11 is 0. The molecule has 1 heterocycles. The van der Waals surface area contributed by atoms with Crippen molar-refractivity contribution >= 4 is 17.6 Å². The minimum Gasteiger partial charge on any atom is -0.481 e. The van der Waals surface area contributed by atoms with Gasteiger partial charge in [-0.15, -0.1) is 0 Å². The van der Waals surface area contributed by atoms with Crippen LogP contribution in [-0.4, -0.2) is 36.6 Å². The molecule has 1 aromatic carbocycles. The highest BCUT2D eigenvalue weighted by Gasteiger charge is 2.20. The van der Waals surface area contributed by atoms with Crippen LogP contribution in [0.15, 0.2) is 24.3 Å². The quantitative estimate of drug-likeness (QED) is 0.716. The molecule has 1 aliphatic heterocycles. The minimum absolute atomic E-state index is 0.00945. The third-order valence-corrected chi connectivity index (χ3v) is 3.09. The number of carbonyl (C=O) groups is 2. The van der Waals surface area contributed by atoms with Crippen molar-refractivity contribution in [2.75, 3.05) is 24.5 Å². The van der Waals surface area contributed by atoms with E-state index in [4.69, 9.17) is 10.8 Å². The highest BCUT2D eigenvalue weighted by molar-refractivity contribution is 5.95. The first kappa shape index (κ1) is 13.5. The van der Waals surface area contributed by atoms with Crippen LogP contribution in [-0.2, 0) is 9.59 Å². The number of carboxylic acid groups (broad SMARTS) is 1. The first-order chi connectivity index (χ1) is 9.08. The lowest BCUT2D eigenvalue weighted by atomic mass is 10.0. The van der Waals surface area contributed by atoms with Crippen molar-refractivity contribution in [1.82, 2.24) is 5.32 Å². The van der Waals surface area contributed by atoms with E-state index in [1.54, 1.807) is 23.1 Å². The summed E-state index contributed by atoms with van der Waals surface area (Å²) in [5.74, 6) is -0.925. The van der Waals surface area contributed by atoms with Crippen molar-refractivity contribution in [3.05, 3.63) is 29.8 Å². The fraction of sp³-hybridized carbons (Fsp3) is 0.385. The van der Waals surface area contributed by atoms with Crippen LogP contribution >= 0.6 is 0 Å². The molecule has 1 saturated heterocycles. The Bertz CT molecular complexity index is 490. The molecule has 6 nitrogen and oxygen atoms in total. The third kappa shape index (κ3) is 3.30. The van der Waals surface area contributed by atoms with Gasteiger partial charge in [-0.2, -0.15) is 0 Å². The number of nitrogens with one attached hydrogen (secondary N) is 1. The molecule has 1 aromatic rings. The lowest BCUT2D eigenvalue weighted by Crippen LogP contribution is -2.48. The molecule has 1 amide bonds. The fourth-order valence-electron chi connectivity index (χ4n) is 2.11. The first-order valence-corrected chi connectivity index (χ1v) is 6.16. The van der Waals surface area contributed by atoms with Crippen molar-refractivity contribution < 1.29 is 14.7 Å². The Balaban J connectivity index is 2.18. The summed E-state index contributed by atoms with van der Waals surface area (Å²) in [7, 11) is 0. The summed E-state index contributed by atoms with van der Waals surface area (Å²) in [6, 6.07) is 6.64. The molecular formula is C13H17N3O3. The molecule has 0 bridgehead atoms. The number of aliphatic carboxylic acids is 1. The number of amides is 1. The molecule has 0 saturated carbocycles. The van der Waals surface area contributed by atoms with Gasteiger partial charge in [0.05, 0.1) is 13.0 Å². The summed E-state index contributed by atoms with van der Waals surface area (Å²) in [6.07, 6.45) is -0.126. The van der Waals surface area contributed by atoms with E-state index in [0.29, 0.717) is 13.1 Å². The second-order valence-electron chi connectivity index (χ2n) is 4.52. The van der Waals surface area contributed by atoms with Crippen LogP contribution < -0.4 is 16.0 Å². The van der Waals surface area contributed by atoms with Crippen molar-refractivity contribution in [1.29, 1.82) is 0 Å². The summed E-state index contributed by atoms with van der Waals surface area (Å²) in [5.41, 5.74) is 7.33. The van der Waals surface area contributed by atoms with Gasteiger partial charge in [0.1, 0.15) is 0 Å². The molecule has 1 aliphatic rings. The predicted molar refractivity (Wildman–Crippen MR) is 70.8 cm³/mol. The second-order valence-corrected chi connectivity index (χ2v) is 4.52. The van der Waals surface area contributed by atoms with Gasteiger partial charge in [-0.3, -0.25) is 9.59 Å². The Morgan fingerprint density at radius 3 is 3.00 bits per heavy atom. The third-order valence-electron chi connectivity index (χ3n) is 3.09. The molecule has 102 valence electrons. The number of rotatable bonds is 4. The number of piperazine rings is 1. The van der Waals surface area contributed by atoms with Crippen LogP contribution in [0.5, 0.6) is 0 Å². The smallest absolute Gasteiger partial charge is 0.305 e. The van der Waals surface area contributed by atoms with E-state index in [2.05, 4.69) is 5.32 Å². The van der Waals surface area contributed by atoms with Gasteiger partial charge in [0, 0.05) is 24.8 Å². The second kappa shape index (κ2) is 5.81. The number of benzene rings is 1. The molecule has 4 N–H and O–H groups in total. The van der Waals surface area contributed by atoms with Crippen molar-refractivity contribution in [2.45, 2.75) is 12.5 Å². The Morgan fingerprint density at radius 1 is 1.53 bits per heavy atom. The topological polar surface area (TPSA) is 95.7 Å². The summed E-state index contributed by atoms with van der Waals surface area (Å²) in [4.78, 5) is 24.1. The zero-order valence-electron chi connectivity index (χ0n) is 10.5. The molecule has 1 atom stereocenters. The van der Waals surface area contributed by atoms with Gasteiger partial charge in [0.25, 0.3) is 0 Å². The van der Waals surface area contributed by atoms with Crippen LogP contribution in [0.3, 0.4) is 0 Å². The molecule has 1 unspecified atom stereocenters. The summed E-state index contributed by atoms with van der Waals surface area (Å²) in [6.45, 7) is 1.68. The highest BCUT2D eigenvalue weighted by atomic mass is 16.4. The SMILES string of the molecule is NC(CC(=O)O)c1cccc(N2CCNCC2=O)c1. The zero-order chi connectivity index (χ0) is 13.8. The molecule has 2 rings (SSSR count). The summed E-state index contributed by atoms with van der Waals surface area (Å²) in [5, 5.41) is 11.8. The van der Waals surface area contributed by atoms with E-state index >= 15 is 0 Å². The van der Waals surface area contributed by atoms with Crippen molar-refractivity contribution in [2.24, 2.45) is 5.73 Å². The monoisotopic (exact) mass is 263 g/mol. The first-order valence-electron chi connectivity index (χ1n) is 6.16. The van der Waals surface area contributed by atoms with Gasteiger partial charge in [0.15, 0.2) is 0 Å². The van der Waals surface area contributed by atoms with E-state index < -0.39 is 12.0 Å². The van der Waals surface area contributed by atoms with Gasteiger partial charge in [-0.25, -0.2) is 0 Å². The van der Waals surface area contributed by atoms with Gasteiger partial charge in [0.2, 0.25) is 5.91 Å². The van der Waals surface area contributed by atoms with Gasteiger partial charge < -0.3 is 21.1 Å². The number of nitrogens with two attached hydrogens (primary N) is 1. The Kier molecular flexibility index (Phi) is 4.13. The molecule has 19 heavy (non-hydrogen) atoms. The Hall–Kier alpha value is -1.92. The number of hydrogen-bond acceptors (Lipinski definition) is 4. The van der Waals surface area contributed by atoms with E-state index in [9.17, 15) is 9.59 Å². The number of anilines is 1. The van der Waals surface area contributed by atoms with Crippen molar-refractivity contribution in [3.8, 4) is 0 Å². The van der Waals surface area contributed by atoms with Gasteiger partial charge >= 0.3 is 5.97 Å². The molecule has 0 spiro atoms. The maximum absolute atomic E-state index is 11.8. The van der Waals surface area contributed by atoms with Crippen molar-refractivity contribution in [3.63, 3.8) is 0 Å². The molecule has 1 fully saturated rings. The maximum atomic E-state index is 11.8. The van der Waals surface area contributed by atoms with Crippen LogP contribution in [0, 0.1) is 0 Å².